The van der Waals surface area contributed by atoms with Crippen molar-refractivity contribution in [3.63, 3.8) is 0 Å². The van der Waals surface area contributed by atoms with Crippen LogP contribution >= 0.6 is 0 Å². The molecule has 0 aromatic heterocycles. The van der Waals surface area contributed by atoms with E-state index in [9.17, 15) is 5.11 Å². The molecule has 1 saturated carbocycles. The zero-order valence-electron chi connectivity index (χ0n) is 8.47. The quantitative estimate of drug-likeness (QED) is 0.690. The third-order valence-electron chi connectivity index (χ3n) is 3.82. The number of aliphatic hydroxyl groups excluding tert-OH is 1. The maximum atomic E-state index is 9.44. The standard InChI is InChI=1S/C11H22O/c1-3-10(2)11(9-12)7-5-4-6-8-11/h10,12H,3-9H2,1-2H3. The molecule has 1 aliphatic rings. The molecule has 0 bridgehead atoms. The molecule has 0 saturated heterocycles. The molecule has 1 fully saturated rings. The summed E-state index contributed by atoms with van der Waals surface area (Å²) in [5.41, 5.74) is 0.285. The predicted molar refractivity (Wildman–Crippen MR) is 52.1 cm³/mol. The minimum absolute atomic E-state index is 0.285. The van der Waals surface area contributed by atoms with Crippen LogP contribution in [-0.2, 0) is 0 Å². The lowest BCUT2D eigenvalue weighted by molar-refractivity contribution is 0.0288. The minimum atomic E-state index is 0.285. The fraction of sp³-hybridized carbons (Fsp3) is 1.00. The van der Waals surface area contributed by atoms with Gasteiger partial charge in [-0.25, -0.2) is 0 Å². The molecule has 1 heteroatoms. The van der Waals surface area contributed by atoms with E-state index in [0.29, 0.717) is 12.5 Å². The first kappa shape index (κ1) is 10.0. The van der Waals surface area contributed by atoms with Gasteiger partial charge in [-0.05, 0) is 24.2 Å². The van der Waals surface area contributed by atoms with E-state index >= 15 is 0 Å². The van der Waals surface area contributed by atoms with Crippen molar-refractivity contribution in [3.05, 3.63) is 0 Å². The molecule has 0 aliphatic heterocycles. The Morgan fingerprint density at radius 3 is 2.25 bits per heavy atom. The molecule has 0 radical (unpaired) electrons. The highest BCUT2D eigenvalue weighted by Gasteiger charge is 2.35. The Bertz CT molecular complexity index is 125. The number of hydrogen-bond acceptors (Lipinski definition) is 1. The third-order valence-corrected chi connectivity index (χ3v) is 3.82. The Hall–Kier alpha value is -0.0400. The average molecular weight is 170 g/mol. The zero-order valence-corrected chi connectivity index (χ0v) is 8.47. The van der Waals surface area contributed by atoms with Gasteiger partial charge in [0.05, 0.1) is 0 Å². The SMILES string of the molecule is CCC(C)C1(CO)CCCCC1. The third kappa shape index (κ3) is 1.82. The molecule has 1 N–H and O–H groups in total. The Labute approximate surface area is 76.2 Å². The van der Waals surface area contributed by atoms with Crippen molar-refractivity contribution < 1.29 is 5.11 Å². The molecule has 1 aliphatic carbocycles. The van der Waals surface area contributed by atoms with E-state index in [1.54, 1.807) is 0 Å². The highest BCUT2D eigenvalue weighted by Crippen LogP contribution is 2.43. The summed E-state index contributed by atoms with van der Waals surface area (Å²) in [5.74, 6) is 0.697. The molecule has 0 spiro atoms. The highest BCUT2D eigenvalue weighted by atomic mass is 16.3. The molecule has 1 nitrogen and oxygen atoms in total. The van der Waals surface area contributed by atoms with Crippen LogP contribution < -0.4 is 0 Å². The van der Waals surface area contributed by atoms with E-state index in [-0.39, 0.29) is 5.41 Å². The molecular formula is C11H22O. The smallest absolute Gasteiger partial charge is 0.0489 e. The Kier molecular flexibility index (Phi) is 3.57. The van der Waals surface area contributed by atoms with Crippen LogP contribution in [0.3, 0.4) is 0 Å². The van der Waals surface area contributed by atoms with Crippen molar-refractivity contribution >= 4 is 0 Å². The lowest BCUT2D eigenvalue weighted by Crippen LogP contribution is -2.34. The zero-order chi connectivity index (χ0) is 9.03. The molecule has 0 heterocycles. The van der Waals surface area contributed by atoms with Crippen molar-refractivity contribution in [3.8, 4) is 0 Å². The van der Waals surface area contributed by atoms with Crippen LogP contribution in [-0.4, -0.2) is 11.7 Å². The van der Waals surface area contributed by atoms with Gasteiger partial charge < -0.3 is 5.11 Å². The largest absolute Gasteiger partial charge is 0.396 e. The summed E-state index contributed by atoms with van der Waals surface area (Å²) >= 11 is 0. The summed E-state index contributed by atoms with van der Waals surface area (Å²) in [7, 11) is 0. The van der Waals surface area contributed by atoms with Gasteiger partial charge in [0.1, 0.15) is 0 Å². The number of aliphatic hydroxyl groups is 1. The summed E-state index contributed by atoms with van der Waals surface area (Å²) in [4.78, 5) is 0. The van der Waals surface area contributed by atoms with Crippen molar-refractivity contribution in [1.82, 2.24) is 0 Å². The first-order valence-electron chi connectivity index (χ1n) is 5.36. The first-order valence-corrected chi connectivity index (χ1v) is 5.36. The highest BCUT2D eigenvalue weighted by molar-refractivity contribution is 4.85. The van der Waals surface area contributed by atoms with Crippen molar-refractivity contribution in [2.45, 2.75) is 52.4 Å². The lowest BCUT2D eigenvalue weighted by atomic mass is 9.66. The minimum Gasteiger partial charge on any atom is -0.396 e. The van der Waals surface area contributed by atoms with Crippen LogP contribution in [0.4, 0.5) is 0 Å². The van der Waals surface area contributed by atoms with E-state index in [2.05, 4.69) is 13.8 Å². The maximum Gasteiger partial charge on any atom is 0.0489 e. The molecule has 72 valence electrons. The van der Waals surface area contributed by atoms with Gasteiger partial charge in [0.2, 0.25) is 0 Å². The van der Waals surface area contributed by atoms with Gasteiger partial charge in [-0.1, -0.05) is 39.5 Å². The number of rotatable bonds is 3. The van der Waals surface area contributed by atoms with Gasteiger partial charge in [-0.3, -0.25) is 0 Å². The summed E-state index contributed by atoms with van der Waals surface area (Å²) in [6.45, 7) is 4.93. The molecular weight excluding hydrogens is 148 g/mol. The van der Waals surface area contributed by atoms with Gasteiger partial charge in [0.15, 0.2) is 0 Å². The van der Waals surface area contributed by atoms with Crippen LogP contribution in [0, 0.1) is 11.3 Å². The summed E-state index contributed by atoms with van der Waals surface area (Å²) in [6.07, 6.45) is 7.73. The molecule has 1 atom stereocenters. The number of hydrogen-bond donors (Lipinski definition) is 1. The fourth-order valence-corrected chi connectivity index (χ4v) is 2.50. The summed E-state index contributed by atoms with van der Waals surface area (Å²) in [5, 5.41) is 9.44. The van der Waals surface area contributed by atoms with E-state index in [0.717, 1.165) is 0 Å². The second-order valence-electron chi connectivity index (χ2n) is 4.39. The van der Waals surface area contributed by atoms with Crippen LogP contribution in [0.1, 0.15) is 52.4 Å². The van der Waals surface area contributed by atoms with E-state index in [4.69, 9.17) is 0 Å². The van der Waals surface area contributed by atoms with Gasteiger partial charge in [-0.15, -0.1) is 0 Å². The predicted octanol–water partition coefficient (Wildman–Crippen LogP) is 2.98. The van der Waals surface area contributed by atoms with Crippen molar-refractivity contribution in [2.75, 3.05) is 6.61 Å². The Balaban J connectivity index is 2.59. The van der Waals surface area contributed by atoms with Crippen LogP contribution in [0.2, 0.25) is 0 Å². The molecule has 0 amide bonds. The van der Waals surface area contributed by atoms with Gasteiger partial charge in [-0.2, -0.15) is 0 Å². The second-order valence-corrected chi connectivity index (χ2v) is 4.39. The molecule has 1 unspecified atom stereocenters. The van der Waals surface area contributed by atoms with E-state index in [1.165, 1.54) is 38.5 Å². The Morgan fingerprint density at radius 2 is 1.83 bits per heavy atom. The monoisotopic (exact) mass is 170 g/mol. The Morgan fingerprint density at radius 1 is 1.25 bits per heavy atom. The second kappa shape index (κ2) is 4.27. The van der Waals surface area contributed by atoms with E-state index < -0.39 is 0 Å². The topological polar surface area (TPSA) is 20.2 Å². The van der Waals surface area contributed by atoms with Gasteiger partial charge in [0.25, 0.3) is 0 Å². The normalized spacial score (nSPS) is 25.2. The van der Waals surface area contributed by atoms with Crippen LogP contribution in [0.25, 0.3) is 0 Å². The maximum absolute atomic E-state index is 9.44. The van der Waals surface area contributed by atoms with Crippen molar-refractivity contribution in [2.24, 2.45) is 11.3 Å². The first-order chi connectivity index (χ1) is 5.75. The molecule has 0 aromatic carbocycles. The molecule has 12 heavy (non-hydrogen) atoms. The van der Waals surface area contributed by atoms with Crippen LogP contribution in [0.15, 0.2) is 0 Å². The lowest BCUT2D eigenvalue weighted by Gasteiger charge is -2.40. The van der Waals surface area contributed by atoms with Gasteiger partial charge in [0, 0.05) is 6.61 Å². The van der Waals surface area contributed by atoms with Gasteiger partial charge >= 0.3 is 0 Å². The fourth-order valence-electron chi connectivity index (χ4n) is 2.50. The summed E-state index contributed by atoms with van der Waals surface area (Å²) in [6, 6.07) is 0. The average Bonchev–Trinajstić information content (AvgIpc) is 2.17. The molecule has 0 aromatic rings. The van der Waals surface area contributed by atoms with E-state index in [1.807, 2.05) is 0 Å². The van der Waals surface area contributed by atoms with Crippen LogP contribution in [0.5, 0.6) is 0 Å². The summed E-state index contributed by atoms with van der Waals surface area (Å²) < 4.78 is 0. The van der Waals surface area contributed by atoms with Crippen molar-refractivity contribution in [1.29, 1.82) is 0 Å². The molecule has 1 rings (SSSR count).